The van der Waals surface area contributed by atoms with Crippen LogP contribution < -0.4 is 5.32 Å². The molecule has 2 fully saturated rings. The maximum atomic E-state index is 12.8. The number of rotatable bonds is 4. The molecule has 3 rings (SSSR count). The van der Waals surface area contributed by atoms with E-state index >= 15 is 0 Å². The molecule has 2 amide bonds. The second kappa shape index (κ2) is 8.98. The van der Waals surface area contributed by atoms with E-state index in [4.69, 9.17) is 0 Å². The highest BCUT2D eigenvalue weighted by Gasteiger charge is 2.34. The van der Waals surface area contributed by atoms with Gasteiger partial charge in [0.05, 0.1) is 11.2 Å². The fraction of sp³-hybridized carbons (Fsp3) is 0.650. The first-order chi connectivity index (χ1) is 13.3. The Labute approximate surface area is 166 Å². The number of carbonyl (C=O) groups excluding carboxylic acids is 2. The van der Waals surface area contributed by atoms with Gasteiger partial charge in [-0.25, -0.2) is 4.98 Å². The van der Waals surface area contributed by atoms with E-state index in [1.54, 1.807) is 17.0 Å². The van der Waals surface area contributed by atoms with Crippen LogP contribution in [0.3, 0.4) is 0 Å². The molecular formula is C20H31N5O3. The highest BCUT2D eigenvalue weighted by Crippen LogP contribution is 2.25. The van der Waals surface area contributed by atoms with Crippen molar-refractivity contribution < 1.29 is 14.7 Å². The Morgan fingerprint density at radius 3 is 2.54 bits per heavy atom. The summed E-state index contributed by atoms with van der Waals surface area (Å²) in [6.07, 6.45) is 3.58. The van der Waals surface area contributed by atoms with Crippen LogP contribution in [-0.2, 0) is 4.79 Å². The van der Waals surface area contributed by atoms with Crippen LogP contribution in [0.1, 0.15) is 36.5 Å². The van der Waals surface area contributed by atoms with Crippen LogP contribution in [0.2, 0.25) is 0 Å². The Morgan fingerprint density at radius 2 is 1.89 bits per heavy atom. The molecule has 0 unspecified atom stereocenters. The van der Waals surface area contributed by atoms with Crippen LogP contribution in [-0.4, -0.2) is 95.1 Å². The molecule has 8 nitrogen and oxygen atoms in total. The van der Waals surface area contributed by atoms with Crippen molar-refractivity contribution in [2.75, 3.05) is 58.2 Å². The molecule has 2 aliphatic rings. The number of piperazine rings is 1. The maximum Gasteiger partial charge on any atom is 0.255 e. The van der Waals surface area contributed by atoms with Gasteiger partial charge in [-0.1, -0.05) is 0 Å². The van der Waals surface area contributed by atoms with Crippen LogP contribution in [0.15, 0.2) is 18.3 Å². The van der Waals surface area contributed by atoms with Crippen molar-refractivity contribution in [2.24, 2.45) is 0 Å². The van der Waals surface area contributed by atoms with Gasteiger partial charge >= 0.3 is 0 Å². The lowest BCUT2D eigenvalue weighted by Gasteiger charge is -2.38. The summed E-state index contributed by atoms with van der Waals surface area (Å²) in [6, 6.07) is 3.32. The number of hydrogen-bond acceptors (Lipinski definition) is 6. The summed E-state index contributed by atoms with van der Waals surface area (Å²) >= 11 is 0. The summed E-state index contributed by atoms with van der Waals surface area (Å²) in [5.74, 6) is 0.158. The standard InChI is InChI=1S/C20H31N5O3/c1-16(26)22-18-5-4-17(14-21-18)19(27)25-8-3-6-20(28,7-9-25)15-24-12-10-23(2)11-13-24/h4-5,14,28H,3,6-13,15H2,1-2H3,(H,21,22,26)/t20-/m0/s1. The Hall–Kier alpha value is -2.03. The van der Waals surface area contributed by atoms with Crippen molar-refractivity contribution in [3.63, 3.8) is 0 Å². The van der Waals surface area contributed by atoms with Crippen molar-refractivity contribution in [2.45, 2.75) is 31.8 Å². The smallest absolute Gasteiger partial charge is 0.255 e. The molecule has 0 aliphatic carbocycles. The zero-order valence-corrected chi connectivity index (χ0v) is 16.9. The second-order valence-electron chi connectivity index (χ2n) is 8.06. The summed E-state index contributed by atoms with van der Waals surface area (Å²) in [6.45, 7) is 7.29. The number of likely N-dealkylation sites (tertiary alicyclic amines) is 1. The van der Waals surface area contributed by atoms with Crippen LogP contribution >= 0.6 is 0 Å². The van der Waals surface area contributed by atoms with Crippen molar-refractivity contribution >= 4 is 17.6 Å². The van der Waals surface area contributed by atoms with E-state index in [0.717, 1.165) is 32.6 Å². The first-order valence-electron chi connectivity index (χ1n) is 10.0. The van der Waals surface area contributed by atoms with E-state index in [9.17, 15) is 14.7 Å². The zero-order chi connectivity index (χ0) is 20.1. The van der Waals surface area contributed by atoms with Gasteiger partial charge in [-0.2, -0.15) is 0 Å². The van der Waals surface area contributed by atoms with Gasteiger partial charge in [0.1, 0.15) is 5.82 Å². The fourth-order valence-corrected chi connectivity index (χ4v) is 3.92. The molecule has 1 aromatic rings. The van der Waals surface area contributed by atoms with Gasteiger partial charge in [-0.05, 0) is 38.4 Å². The van der Waals surface area contributed by atoms with Gasteiger partial charge < -0.3 is 20.2 Å². The Bertz CT molecular complexity index is 688. The lowest BCUT2D eigenvalue weighted by Crippen LogP contribution is -2.51. The van der Waals surface area contributed by atoms with Crippen LogP contribution in [0, 0.1) is 0 Å². The highest BCUT2D eigenvalue weighted by molar-refractivity contribution is 5.94. The number of β-amino-alcohol motifs (C(OH)–C–C–N with tert-alkyl or cyclic N) is 1. The molecule has 2 aliphatic heterocycles. The predicted octanol–water partition coefficient (Wildman–Crippen LogP) is 0.645. The molecule has 2 saturated heterocycles. The van der Waals surface area contributed by atoms with Crippen molar-refractivity contribution in [3.8, 4) is 0 Å². The van der Waals surface area contributed by atoms with Crippen LogP contribution in [0.5, 0.6) is 0 Å². The number of nitrogens with one attached hydrogen (secondary N) is 1. The molecule has 2 N–H and O–H groups in total. The average Bonchev–Trinajstić information content (AvgIpc) is 2.85. The summed E-state index contributed by atoms with van der Waals surface area (Å²) in [5.41, 5.74) is -0.239. The Balaban J connectivity index is 1.56. The lowest BCUT2D eigenvalue weighted by atomic mass is 9.94. The van der Waals surface area contributed by atoms with Gasteiger partial charge in [0.25, 0.3) is 5.91 Å². The number of carbonyl (C=O) groups is 2. The van der Waals surface area contributed by atoms with E-state index in [1.165, 1.54) is 13.1 Å². The highest BCUT2D eigenvalue weighted by atomic mass is 16.3. The first-order valence-corrected chi connectivity index (χ1v) is 10.0. The number of hydrogen-bond donors (Lipinski definition) is 2. The van der Waals surface area contributed by atoms with Gasteiger partial charge in [0.15, 0.2) is 0 Å². The number of nitrogens with zero attached hydrogens (tertiary/aromatic N) is 4. The number of likely N-dealkylation sites (N-methyl/N-ethyl adjacent to an activating group) is 1. The number of amides is 2. The molecule has 0 bridgehead atoms. The first kappa shape index (κ1) is 20.7. The molecule has 154 valence electrons. The van der Waals surface area contributed by atoms with Crippen molar-refractivity contribution in [3.05, 3.63) is 23.9 Å². The number of pyridine rings is 1. The number of aromatic nitrogens is 1. The van der Waals surface area contributed by atoms with Gasteiger partial charge in [-0.15, -0.1) is 0 Å². The molecule has 28 heavy (non-hydrogen) atoms. The quantitative estimate of drug-likeness (QED) is 0.786. The Morgan fingerprint density at radius 1 is 1.14 bits per heavy atom. The van der Waals surface area contributed by atoms with Crippen molar-refractivity contribution in [1.29, 1.82) is 0 Å². The molecular weight excluding hydrogens is 358 g/mol. The van der Waals surface area contributed by atoms with Gasteiger partial charge in [0.2, 0.25) is 5.91 Å². The topological polar surface area (TPSA) is 89.0 Å². The van der Waals surface area contributed by atoms with Gasteiger partial charge in [-0.3, -0.25) is 14.5 Å². The monoisotopic (exact) mass is 389 g/mol. The Kier molecular flexibility index (Phi) is 6.64. The molecule has 3 heterocycles. The largest absolute Gasteiger partial charge is 0.388 e. The minimum absolute atomic E-state index is 0.0780. The predicted molar refractivity (Wildman–Crippen MR) is 107 cm³/mol. The minimum atomic E-state index is -0.738. The number of anilines is 1. The third-order valence-electron chi connectivity index (χ3n) is 5.63. The molecule has 1 aromatic heterocycles. The SMILES string of the molecule is CC(=O)Nc1ccc(C(=O)N2CCC[C@@](O)(CN3CCN(C)CC3)CC2)cn1. The van der Waals surface area contributed by atoms with Crippen LogP contribution in [0.25, 0.3) is 0 Å². The van der Waals surface area contributed by atoms with E-state index in [1.807, 2.05) is 0 Å². The maximum absolute atomic E-state index is 12.8. The summed E-state index contributed by atoms with van der Waals surface area (Å²) in [7, 11) is 2.12. The van der Waals surface area contributed by atoms with Crippen LogP contribution in [0.4, 0.5) is 5.82 Å². The second-order valence-corrected chi connectivity index (χ2v) is 8.06. The molecule has 8 heteroatoms. The number of aliphatic hydroxyl groups is 1. The molecule has 0 radical (unpaired) electrons. The summed E-state index contributed by atoms with van der Waals surface area (Å²) < 4.78 is 0. The zero-order valence-electron chi connectivity index (χ0n) is 16.9. The summed E-state index contributed by atoms with van der Waals surface area (Å²) in [5, 5.41) is 13.7. The van der Waals surface area contributed by atoms with E-state index in [2.05, 4.69) is 27.1 Å². The third-order valence-corrected chi connectivity index (χ3v) is 5.63. The van der Waals surface area contributed by atoms with E-state index in [-0.39, 0.29) is 11.8 Å². The minimum Gasteiger partial charge on any atom is -0.388 e. The normalized spacial score (nSPS) is 24.6. The lowest BCUT2D eigenvalue weighted by molar-refractivity contribution is -0.114. The summed E-state index contributed by atoms with van der Waals surface area (Å²) in [4.78, 5) is 34.5. The molecule has 0 saturated carbocycles. The molecule has 0 aromatic carbocycles. The fourth-order valence-electron chi connectivity index (χ4n) is 3.92. The third kappa shape index (κ3) is 5.50. The van der Waals surface area contributed by atoms with Crippen molar-refractivity contribution in [1.82, 2.24) is 19.7 Å². The molecule has 0 spiro atoms. The van der Waals surface area contributed by atoms with E-state index < -0.39 is 5.60 Å². The van der Waals surface area contributed by atoms with E-state index in [0.29, 0.717) is 43.9 Å². The molecule has 1 atom stereocenters. The van der Waals surface area contributed by atoms with Gasteiger partial charge in [0, 0.05) is 58.9 Å². The average molecular weight is 390 g/mol.